The van der Waals surface area contributed by atoms with Gasteiger partial charge in [-0.15, -0.1) is 0 Å². The normalized spacial score (nSPS) is 12.2. The molecule has 0 radical (unpaired) electrons. The zero-order chi connectivity index (χ0) is 13.9. The molecule has 7 heteroatoms. The number of non-ortho nitro benzene ring substituents is 1. The van der Waals surface area contributed by atoms with E-state index in [1.165, 1.54) is 0 Å². The van der Waals surface area contributed by atoms with Crippen LogP contribution in [0, 0.1) is 21.7 Å². The predicted octanol–water partition coefficient (Wildman–Crippen LogP) is 2.84. The van der Waals surface area contributed by atoms with E-state index in [4.69, 9.17) is 5.11 Å². The van der Waals surface area contributed by atoms with Gasteiger partial charge in [0.15, 0.2) is 0 Å². The summed E-state index contributed by atoms with van der Waals surface area (Å²) in [4.78, 5) is 20.4. The summed E-state index contributed by atoms with van der Waals surface area (Å²) in [6, 6.07) is 1.06. The second-order valence-corrected chi connectivity index (χ2v) is 3.76. The van der Waals surface area contributed by atoms with E-state index in [0.717, 1.165) is 0 Å². The van der Waals surface area contributed by atoms with Crippen LogP contribution < -0.4 is 0 Å². The number of carboxylic acids is 1. The molecule has 1 unspecified atom stereocenters. The number of nitrogens with zero attached hydrogens (tertiary/aromatic N) is 1. The van der Waals surface area contributed by atoms with Gasteiger partial charge in [-0.1, -0.05) is 13.3 Å². The molecule has 0 heterocycles. The molecule has 0 aliphatic carbocycles. The quantitative estimate of drug-likeness (QED) is 0.651. The maximum Gasteiger partial charge on any atom is 0.311 e. The molecule has 0 amide bonds. The first kappa shape index (κ1) is 14.0. The summed E-state index contributed by atoms with van der Waals surface area (Å²) >= 11 is 0. The average molecular weight is 259 g/mol. The fourth-order valence-corrected chi connectivity index (χ4v) is 1.69. The monoisotopic (exact) mass is 259 g/mol. The molecule has 0 saturated carbocycles. The number of carboxylic acid groups (broad SMARTS) is 1. The van der Waals surface area contributed by atoms with Crippen molar-refractivity contribution in [1.82, 2.24) is 0 Å². The standard InChI is InChI=1S/C11H11F2NO4/c1-2-3-7(11(15)16)10-8(12)4-6(14(17)18)5-9(10)13/h4-5,7H,2-3H2,1H3,(H,15,16). The molecule has 0 bridgehead atoms. The van der Waals surface area contributed by atoms with Crippen molar-refractivity contribution in [1.29, 1.82) is 0 Å². The number of hydrogen-bond donors (Lipinski definition) is 1. The van der Waals surface area contributed by atoms with Gasteiger partial charge in [-0.05, 0) is 6.42 Å². The highest BCUT2D eigenvalue weighted by atomic mass is 19.1. The van der Waals surface area contributed by atoms with Gasteiger partial charge in [0.05, 0.1) is 23.0 Å². The van der Waals surface area contributed by atoms with E-state index in [9.17, 15) is 23.7 Å². The minimum Gasteiger partial charge on any atom is -0.481 e. The van der Waals surface area contributed by atoms with Crippen LogP contribution in [-0.2, 0) is 4.79 Å². The highest BCUT2D eigenvalue weighted by molar-refractivity contribution is 5.76. The maximum atomic E-state index is 13.6. The van der Waals surface area contributed by atoms with E-state index in [1.54, 1.807) is 6.92 Å². The van der Waals surface area contributed by atoms with Gasteiger partial charge in [-0.3, -0.25) is 14.9 Å². The lowest BCUT2D eigenvalue weighted by Gasteiger charge is -2.13. The third-order valence-electron chi connectivity index (χ3n) is 2.50. The zero-order valence-corrected chi connectivity index (χ0v) is 9.52. The lowest BCUT2D eigenvalue weighted by molar-refractivity contribution is -0.385. The van der Waals surface area contributed by atoms with Gasteiger partial charge < -0.3 is 5.11 Å². The van der Waals surface area contributed by atoms with E-state index < -0.39 is 39.7 Å². The molecule has 98 valence electrons. The number of rotatable bonds is 5. The average Bonchev–Trinajstić information content (AvgIpc) is 2.26. The summed E-state index contributed by atoms with van der Waals surface area (Å²) in [5.41, 5.74) is -1.37. The number of nitro benzene ring substituents is 1. The van der Waals surface area contributed by atoms with Crippen molar-refractivity contribution in [2.24, 2.45) is 0 Å². The highest BCUT2D eigenvalue weighted by Crippen LogP contribution is 2.30. The van der Waals surface area contributed by atoms with Crippen LogP contribution >= 0.6 is 0 Å². The van der Waals surface area contributed by atoms with Crippen LogP contribution in [0.5, 0.6) is 0 Å². The van der Waals surface area contributed by atoms with E-state index in [2.05, 4.69) is 0 Å². The number of hydrogen-bond acceptors (Lipinski definition) is 3. The topological polar surface area (TPSA) is 80.4 Å². The van der Waals surface area contributed by atoms with Crippen molar-refractivity contribution >= 4 is 11.7 Å². The Hall–Kier alpha value is -2.05. The lowest BCUT2D eigenvalue weighted by atomic mass is 9.93. The summed E-state index contributed by atoms with van der Waals surface area (Å²) in [7, 11) is 0. The van der Waals surface area contributed by atoms with Gasteiger partial charge in [-0.25, -0.2) is 8.78 Å². The highest BCUT2D eigenvalue weighted by Gasteiger charge is 2.28. The van der Waals surface area contributed by atoms with E-state index >= 15 is 0 Å². The number of nitro groups is 1. The van der Waals surface area contributed by atoms with Crippen LogP contribution in [0.15, 0.2) is 12.1 Å². The Balaban J connectivity index is 3.31. The second kappa shape index (κ2) is 5.52. The van der Waals surface area contributed by atoms with Crippen LogP contribution in [-0.4, -0.2) is 16.0 Å². The molecule has 1 aromatic rings. The van der Waals surface area contributed by atoms with Crippen molar-refractivity contribution in [3.8, 4) is 0 Å². The van der Waals surface area contributed by atoms with Crippen molar-refractivity contribution in [3.05, 3.63) is 39.4 Å². The maximum absolute atomic E-state index is 13.6. The Morgan fingerprint density at radius 2 is 1.94 bits per heavy atom. The van der Waals surface area contributed by atoms with E-state index in [0.29, 0.717) is 18.6 Å². The molecule has 1 N–H and O–H groups in total. The Morgan fingerprint density at radius 3 is 2.28 bits per heavy atom. The molecular weight excluding hydrogens is 248 g/mol. The SMILES string of the molecule is CCCC(C(=O)O)c1c(F)cc([N+](=O)[O-])cc1F. The van der Waals surface area contributed by atoms with Gasteiger partial charge in [-0.2, -0.15) is 0 Å². The summed E-state index contributed by atoms with van der Waals surface area (Å²) in [6.07, 6.45) is 0.480. The Labute approximate surface area is 101 Å². The van der Waals surface area contributed by atoms with Gasteiger partial charge in [0, 0.05) is 5.56 Å². The molecule has 18 heavy (non-hydrogen) atoms. The Bertz CT molecular complexity index is 467. The van der Waals surface area contributed by atoms with Gasteiger partial charge in [0.1, 0.15) is 11.6 Å². The molecule has 0 saturated heterocycles. The third kappa shape index (κ3) is 2.79. The number of benzene rings is 1. The van der Waals surface area contributed by atoms with Crippen LogP contribution in [0.3, 0.4) is 0 Å². The van der Waals surface area contributed by atoms with Gasteiger partial charge in [0.25, 0.3) is 5.69 Å². The predicted molar refractivity (Wildman–Crippen MR) is 58.3 cm³/mol. The molecule has 1 aromatic carbocycles. The summed E-state index contributed by atoms with van der Waals surface area (Å²) in [5.74, 6) is -5.11. The molecule has 0 aliphatic rings. The number of aliphatic carboxylic acids is 1. The second-order valence-electron chi connectivity index (χ2n) is 3.76. The van der Waals surface area contributed by atoms with Crippen molar-refractivity contribution in [2.75, 3.05) is 0 Å². The molecule has 0 aliphatic heterocycles. The molecule has 1 rings (SSSR count). The van der Waals surface area contributed by atoms with Gasteiger partial charge in [0.2, 0.25) is 0 Å². The molecule has 1 atom stereocenters. The molecule has 5 nitrogen and oxygen atoms in total. The van der Waals surface area contributed by atoms with Crippen LogP contribution in [0.25, 0.3) is 0 Å². The third-order valence-corrected chi connectivity index (χ3v) is 2.50. The van der Waals surface area contributed by atoms with E-state index in [-0.39, 0.29) is 6.42 Å². The van der Waals surface area contributed by atoms with Crippen LogP contribution in [0.1, 0.15) is 31.2 Å². The fourth-order valence-electron chi connectivity index (χ4n) is 1.69. The number of halogens is 2. The first-order valence-corrected chi connectivity index (χ1v) is 5.24. The molecular formula is C11H11F2NO4. The lowest BCUT2D eigenvalue weighted by Crippen LogP contribution is -2.15. The first-order chi connectivity index (χ1) is 8.38. The minimum atomic E-state index is -1.36. The first-order valence-electron chi connectivity index (χ1n) is 5.24. The largest absolute Gasteiger partial charge is 0.481 e. The zero-order valence-electron chi connectivity index (χ0n) is 9.52. The molecule has 0 aromatic heterocycles. The number of carbonyl (C=O) groups is 1. The van der Waals surface area contributed by atoms with Crippen molar-refractivity contribution in [2.45, 2.75) is 25.7 Å². The summed E-state index contributed by atoms with van der Waals surface area (Å²) in [5, 5.41) is 19.3. The summed E-state index contributed by atoms with van der Waals surface area (Å²) < 4.78 is 27.2. The Kier molecular flexibility index (Phi) is 4.30. The van der Waals surface area contributed by atoms with Crippen LogP contribution in [0.4, 0.5) is 14.5 Å². The van der Waals surface area contributed by atoms with E-state index in [1.807, 2.05) is 0 Å². The van der Waals surface area contributed by atoms with Crippen molar-refractivity contribution in [3.63, 3.8) is 0 Å². The minimum absolute atomic E-state index is 0.0565. The van der Waals surface area contributed by atoms with Gasteiger partial charge >= 0.3 is 5.97 Å². The smallest absolute Gasteiger partial charge is 0.311 e. The fraction of sp³-hybridized carbons (Fsp3) is 0.364. The Morgan fingerprint density at radius 1 is 1.44 bits per heavy atom. The summed E-state index contributed by atoms with van der Waals surface area (Å²) in [6.45, 7) is 1.68. The molecule has 0 spiro atoms. The molecule has 0 fully saturated rings. The van der Waals surface area contributed by atoms with Crippen LogP contribution in [0.2, 0.25) is 0 Å². The van der Waals surface area contributed by atoms with Crippen molar-refractivity contribution < 1.29 is 23.6 Å².